The van der Waals surface area contributed by atoms with Gasteiger partial charge in [0, 0.05) is 14.7 Å². The van der Waals surface area contributed by atoms with E-state index in [1.54, 1.807) is 42.5 Å². The molecule has 0 bridgehead atoms. The van der Waals surface area contributed by atoms with Crippen molar-refractivity contribution in [2.24, 2.45) is 0 Å². The van der Waals surface area contributed by atoms with Gasteiger partial charge in [-0.25, -0.2) is 4.79 Å². The minimum absolute atomic E-state index is 0.273. The Morgan fingerprint density at radius 3 is 2.00 bits per heavy atom. The summed E-state index contributed by atoms with van der Waals surface area (Å²) in [6.45, 7) is 0. The van der Waals surface area contributed by atoms with Crippen molar-refractivity contribution in [3.8, 4) is 0 Å². The third kappa shape index (κ3) is 3.23. The summed E-state index contributed by atoms with van der Waals surface area (Å²) in [4.78, 5) is 13.8. The lowest BCUT2D eigenvalue weighted by Crippen LogP contribution is -2.05. The first-order valence-corrected chi connectivity index (χ1v) is 7.92. The van der Waals surface area contributed by atoms with Crippen molar-refractivity contribution >= 4 is 56.5 Å². The molecule has 0 spiro atoms. The second-order valence-electron chi connectivity index (χ2n) is 3.79. The first-order valence-electron chi connectivity index (χ1n) is 5.32. The molecule has 6 heteroatoms. The van der Waals surface area contributed by atoms with Crippen molar-refractivity contribution in [3.05, 3.63) is 48.0 Å². The predicted molar refractivity (Wildman–Crippen MR) is 86.2 cm³/mol. The molecule has 1 unspecified atom stereocenters. The molecule has 0 saturated heterocycles. The minimum Gasteiger partial charge on any atom is -0.234 e. The summed E-state index contributed by atoms with van der Waals surface area (Å²) in [5.74, 6) is 0. The number of carbonyl (C=O) groups is 1. The molecule has 0 aliphatic rings. The van der Waals surface area contributed by atoms with Crippen molar-refractivity contribution < 1.29 is 9.36 Å². The highest BCUT2D eigenvalue weighted by Crippen LogP contribution is 2.34. The largest absolute Gasteiger partial charge is 0.458 e. The summed E-state index contributed by atoms with van der Waals surface area (Å²) in [7, 11) is -2.17. The Hall–Kier alpha value is -0.740. The van der Waals surface area contributed by atoms with E-state index in [-0.39, 0.29) is 5.56 Å². The molecule has 0 fully saturated rings. The number of carbonyl (C=O) groups excluding carboxylic acids is 1. The van der Waals surface area contributed by atoms with Gasteiger partial charge in [-0.3, -0.25) is 0 Å². The predicted octanol–water partition coefficient (Wildman–Crippen LogP) is 3.85. The zero-order valence-corrected chi connectivity index (χ0v) is 13.2. The summed E-state index contributed by atoms with van der Waals surface area (Å²) >= 11 is 12.7. The third-order valence-corrected chi connectivity index (χ3v) is 4.79. The summed E-state index contributed by atoms with van der Waals surface area (Å²) in [5.41, 5.74) is -0.195. The summed E-state index contributed by atoms with van der Waals surface area (Å²) in [5, 5.41) is 0.498. The number of benzene rings is 2. The van der Waals surface area contributed by atoms with Crippen LogP contribution in [0.1, 0.15) is 10.4 Å². The van der Waals surface area contributed by atoms with Gasteiger partial charge >= 0.3 is 13.3 Å². The second kappa shape index (κ2) is 6.14. The maximum absolute atomic E-state index is 12.3. The molecular formula is C13H10O2PS3+. The van der Waals surface area contributed by atoms with Crippen LogP contribution < -0.4 is 5.30 Å². The van der Waals surface area contributed by atoms with Gasteiger partial charge in [0.15, 0.2) is 5.30 Å². The average Bonchev–Trinajstić information content (AvgIpc) is 2.37. The van der Waals surface area contributed by atoms with Crippen LogP contribution in [0.3, 0.4) is 0 Å². The minimum atomic E-state index is -2.17. The highest BCUT2D eigenvalue weighted by Gasteiger charge is 2.35. The molecule has 0 aliphatic heterocycles. The van der Waals surface area contributed by atoms with E-state index in [0.29, 0.717) is 20.0 Å². The maximum atomic E-state index is 12.3. The van der Waals surface area contributed by atoms with Gasteiger partial charge in [-0.2, -0.15) is 0 Å². The molecule has 2 nitrogen and oxygen atoms in total. The molecule has 2 aromatic carbocycles. The average molecular weight is 325 g/mol. The SMILES string of the molecule is O=C(c1c(S)cc(S)cc1S)[P+](=O)c1ccccc1. The molecule has 0 aromatic heterocycles. The molecule has 19 heavy (non-hydrogen) atoms. The van der Waals surface area contributed by atoms with Gasteiger partial charge < -0.3 is 0 Å². The zero-order chi connectivity index (χ0) is 14.0. The standard InChI is InChI=1S/C13H9O2PS3/c14-13(16(15)8-4-2-1-3-5-8)12-10(18)6-9(17)7-11(12)19/h1-7H,(H2-,14,17,18,19)/p+1. The van der Waals surface area contributed by atoms with Crippen molar-refractivity contribution in [3.63, 3.8) is 0 Å². The van der Waals surface area contributed by atoms with Gasteiger partial charge in [0.1, 0.15) is 0 Å². The molecule has 0 radical (unpaired) electrons. The topological polar surface area (TPSA) is 34.1 Å². The van der Waals surface area contributed by atoms with Crippen LogP contribution in [-0.4, -0.2) is 5.52 Å². The van der Waals surface area contributed by atoms with Crippen LogP contribution in [0.15, 0.2) is 57.2 Å². The van der Waals surface area contributed by atoms with Gasteiger partial charge in [0.25, 0.3) is 0 Å². The first kappa shape index (κ1) is 14.7. The molecule has 2 aromatic rings. The van der Waals surface area contributed by atoms with Crippen LogP contribution in [0.4, 0.5) is 0 Å². The van der Waals surface area contributed by atoms with Crippen LogP contribution in [0.2, 0.25) is 0 Å². The van der Waals surface area contributed by atoms with Gasteiger partial charge in [0.05, 0.1) is 5.56 Å². The van der Waals surface area contributed by atoms with E-state index < -0.39 is 13.3 Å². The van der Waals surface area contributed by atoms with E-state index in [0.717, 1.165) is 0 Å². The van der Waals surface area contributed by atoms with Crippen molar-refractivity contribution in [1.82, 2.24) is 0 Å². The highest BCUT2D eigenvalue weighted by atomic mass is 32.1. The fraction of sp³-hybridized carbons (Fsp3) is 0. The van der Waals surface area contributed by atoms with Gasteiger partial charge in [-0.15, -0.1) is 37.9 Å². The van der Waals surface area contributed by atoms with Crippen LogP contribution in [0, 0.1) is 0 Å². The van der Waals surface area contributed by atoms with Gasteiger partial charge in [-0.1, -0.05) is 22.8 Å². The number of hydrogen-bond donors (Lipinski definition) is 3. The van der Waals surface area contributed by atoms with Crippen LogP contribution in [-0.2, 0) is 4.57 Å². The van der Waals surface area contributed by atoms with E-state index >= 15 is 0 Å². The van der Waals surface area contributed by atoms with Crippen molar-refractivity contribution in [1.29, 1.82) is 0 Å². The molecule has 0 amide bonds. The Bertz CT molecular complexity index is 633. The van der Waals surface area contributed by atoms with E-state index in [2.05, 4.69) is 37.9 Å². The maximum Gasteiger partial charge on any atom is 0.458 e. The lowest BCUT2D eigenvalue weighted by molar-refractivity contribution is 0.107. The molecule has 1 atom stereocenters. The molecule has 0 N–H and O–H groups in total. The Morgan fingerprint density at radius 2 is 1.47 bits per heavy atom. The highest BCUT2D eigenvalue weighted by molar-refractivity contribution is 7.82. The quantitative estimate of drug-likeness (QED) is 0.592. The first-order chi connectivity index (χ1) is 9.00. The molecule has 0 saturated carbocycles. The molecule has 0 heterocycles. The van der Waals surface area contributed by atoms with Crippen LogP contribution >= 0.6 is 45.7 Å². The smallest absolute Gasteiger partial charge is 0.234 e. The fourth-order valence-electron chi connectivity index (χ4n) is 1.60. The lowest BCUT2D eigenvalue weighted by atomic mass is 10.2. The van der Waals surface area contributed by atoms with Crippen LogP contribution in [0.5, 0.6) is 0 Å². The number of thiol groups is 3. The molecule has 0 aliphatic carbocycles. The Kier molecular flexibility index (Phi) is 4.74. The summed E-state index contributed by atoms with van der Waals surface area (Å²) in [6, 6.07) is 11.9. The molecular weight excluding hydrogens is 315 g/mol. The fourth-order valence-corrected chi connectivity index (χ4v) is 4.17. The van der Waals surface area contributed by atoms with E-state index in [1.807, 2.05) is 0 Å². The Morgan fingerprint density at radius 1 is 0.947 bits per heavy atom. The normalized spacial score (nSPS) is 11.2. The van der Waals surface area contributed by atoms with Gasteiger partial charge in [0.2, 0.25) is 0 Å². The second-order valence-corrected chi connectivity index (χ2v) is 6.79. The lowest BCUT2D eigenvalue weighted by Gasteiger charge is -2.03. The summed E-state index contributed by atoms with van der Waals surface area (Å²) in [6.07, 6.45) is 0. The Labute approximate surface area is 128 Å². The third-order valence-electron chi connectivity index (χ3n) is 2.47. The van der Waals surface area contributed by atoms with E-state index in [4.69, 9.17) is 0 Å². The number of rotatable bonds is 3. The summed E-state index contributed by atoms with van der Waals surface area (Å²) < 4.78 is 12.2. The molecule has 96 valence electrons. The van der Waals surface area contributed by atoms with Gasteiger partial charge in [-0.05, 0) is 24.3 Å². The van der Waals surface area contributed by atoms with Crippen molar-refractivity contribution in [2.75, 3.05) is 0 Å². The van der Waals surface area contributed by atoms with Crippen LogP contribution in [0.25, 0.3) is 0 Å². The molecule has 2 rings (SSSR count). The monoisotopic (exact) mass is 325 g/mol. The van der Waals surface area contributed by atoms with Crippen molar-refractivity contribution in [2.45, 2.75) is 14.7 Å². The number of hydrogen-bond acceptors (Lipinski definition) is 5. The zero-order valence-electron chi connectivity index (χ0n) is 9.65. The Balaban J connectivity index is 2.44. The van der Waals surface area contributed by atoms with E-state index in [9.17, 15) is 9.36 Å². The van der Waals surface area contributed by atoms with E-state index in [1.165, 1.54) is 0 Å².